The number of amides is 1. The molecule has 0 fully saturated rings. The summed E-state index contributed by atoms with van der Waals surface area (Å²) in [6, 6.07) is 11.7. The minimum absolute atomic E-state index is 0.305. The molecule has 2 aromatic carbocycles. The van der Waals surface area contributed by atoms with Gasteiger partial charge in [0.1, 0.15) is 0 Å². The first-order valence-corrected chi connectivity index (χ1v) is 8.54. The summed E-state index contributed by atoms with van der Waals surface area (Å²) in [6.45, 7) is 5.87. The predicted octanol–water partition coefficient (Wildman–Crippen LogP) is 5.05. The number of carbonyl (C=O) groups is 1. The van der Waals surface area contributed by atoms with E-state index in [-0.39, 0.29) is 5.91 Å². The zero-order valence-corrected chi connectivity index (χ0v) is 15.6. The first-order valence-electron chi connectivity index (χ1n) is 8.16. The molecule has 0 spiro atoms. The van der Waals surface area contributed by atoms with Gasteiger partial charge < -0.3 is 10.6 Å². The molecule has 0 unspecified atom stereocenters. The Balaban J connectivity index is 1.73. The Morgan fingerprint density at radius 2 is 1.73 bits per heavy atom. The second-order valence-electron chi connectivity index (χ2n) is 6.18. The number of nitrogens with zero attached hydrogens (tertiary/aromatic N) is 2. The molecule has 0 atom stereocenters. The third-order valence-corrected chi connectivity index (χ3v) is 4.16. The van der Waals surface area contributed by atoms with E-state index >= 15 is 0 Å². The van der Waals surface area contributed by atoms with Crippen molar-refractivity contribution >= 4 is 34.8 Å². The molecule has 1 aromatic heterocycles. The number of halogens is 1. The van der Waals surface area contributed by atoms with Gasteiger partial charge in [0, 0.05) is 18.1 Å². The van der Waals surface area contributed by atoms with E-state index < -0.39 is 0 Å². The lowest BCUT2D eigenvalue weighted by atomic mass is 10.1. The topological polar surface area (TPSA) is 66.9 Å². The number of anilines is 3. The summed E-state index contributed by atoms with van der Waals surface area (Å²) in [6.07, 6.45) is 2.97. The Labute approximate surface area is 157 Å². The van der Waals surface area contributed by atoms with Crippen molar-refractivity contribution in [3.05, 3.63) is 76.1 Å². The standard InChI is InChI=1S/C20H19ClN4O/c1-12-5-4-6-16(8-12)24-20-22-10-15(11-23-20)19(26)25-18-14(3)7-13(2)9-17(18)21/h4-11H,1-3H3,(H,25,26)(H,22,23,24). The number of aryl methyl sites for hydroxylation is 3. The van der Waals surface area contributed by atoms with Crippen LogP contribution in [0.15, 0.2) is 48.8 Å². The lowest BCUT2D eigenvalue weighted by molar-refractivity contribution is 0.102. The average molecular weight is 367 g/mol. The number of nitrogens with one attached hydrogen (secondary N) is 2. The molecular formula is C20H19ClN4O. The first-order chi connectivity index (χ1) is 12.4. The minimum atomic E-state index is -0.305. The summed E-state index contributed by atoms with van der Waals surface area (Å²) in [4.78, 5) is 20.9. The van der Waals surface area contributed by atoms with Gasteiger partial charge in [0.05, 0.1) is 16.3 Å². The Kier molecular flexibility index (Phi) is 5.19. The van der Waals surface area contributed by atoms with Gasteiger partial charge in [-0.25, -0.2) is 9.97 Å². The number of rotatable bonds is 4. The molecule has 2 N–H and O–H groups in total. The van der Waals surface area contributed by atoms with Crippen molar-refractivity contribution in [1.82, 2.24) is 9.97 Å². The van der Waals surface area contributed by atoms with Gasteiger partial charge in [0.15, 0.2) is 0 Å². The Bertz CT molecular complexity index is 931. The van der Waals surface area contributed by atoms with Crippen molar-refractivity contribution in [2.75, 3.05) is 10.6 Å². The van der Waals surface area contributed by atoms with Crippen LogP contribution in [0.5, 0.6) is 0 Å². The quantitative estimate of drug-likeness (QED) is 0.678. The summed E-state index contributed by atoms with van der Waals surface area (Å²) in [5.41, 5.74) is 4.93. The minimum Gasteiger partial charge on any atom is -0.324 e. The highest BCUT2D eigenvalue weighted by molar-refractivity contribution is 6.34. The van der Waals surface area contributed by atoms with Crippen molar-refractivity contribution in [1.29, 1.82) is 0 Å². The maximum absolute atomic E-state index is 12.4. The van der Waals surface area contributed by atoms with Crippen LogP contribution in [0.2, 0.25) is 5.02 Å². The van der Waals surface area contributed by atoms with E-state index in [1.54, 1.807) is 0 Å². The van der Waals surface area contributed by atoms with Crippen molar-refractivity contribution in [2.24, 2.45) is 0 Å². The SMILES string of the molecule is Cc1cccc(Nc2ncc(C(=O)Nc3c(C)cc(C)cc3Cl)cn2)c1. The number of carbonyl (C=O) groups excluding carboxylic acids is 1. The van der Waals surface area contributed by atoms with E-state index in [0.717, 1.165) is 22.4 Å². The van der Waals surface area contributed by atoms with Gasteiger partial charge in [-0.3, -0.25) is 4.79 Å². The third-order valence-electron chi connectivity index (χ3n) is 3.86. The Hall–Kier alpha value is -2.92. The van der Waals surface area contributed by atoms with Crippen LogP contribution in [-0.2, 0) is 0 Å². The highest BCUT2D eigenvalue weighted by Crippen LogP contribution is 2.27. The smallest absolute Gasteiger partial charge is 0.258 e. The highest BCUT2D eigenvalue weighted by atomic mass is 35.5. The van der Waals surface area contributed by atoms with E-state index in [2.05, 4.69) is 20.6 Å². The maximum Gasteiger partial charge on any atom is 0.258 e. The zero-order valence-electron chi connectivity index (χ0n) is 14.8. The van der Waals surface area contributed by atoms with Crippen molar-refractivity contribution in [2.45, 2.75) is 20.8 Å². The van der Waals surface area contributed by atoms with Crippen LogP contribution < -0.4 is 10.6 Å². The summed E-state index contributed by atoms with van der Waals surface area (Å²) < 4.78 is 0. The fourth-order valence-electron chi connectivity index (χ4n) is 2.62. The fourth-order valence-corrected chi connectivity index (χ4v) is 2.99. The molecule has 0 saturated carbocycles. The van der Waals surface area contributed by atoms with Crippen LogP contribution in [0.1, 0.15) is 27.0 Å². The molecule has 3 rings (SSSR count). The fraction of sp³-hybridized carbons (Fsp3) is 0.150. The van der Waals surface area contributed by atoms with Crippen LogP contribution in [0, 0.1) is 20.8 Å². The molecule has 132 valence electrons. The molecule has 0 aliphatic carbocycles. The van der Waals surface area contributed by atoms with Crippen molar-refractivity contribution < 1.29 is 4.79 Å². The van der Waals surface area contributed by atoms with Crippen molar-refractivity contribution in [3.63, 3.8) is 0 Å². The Morgan fingerprint density at radius 3 is 2.38 bits per heavy atom. The number of hydrogen-bond donors (Lipinski definition) is 2. The zero-order chi connectivity index (χ0) is 18.7. The first kappa shape index (κ1) is 17.9. The third kappa shape index (κ3) is 4.18. The predicted molar refractivity (Wildman–Crippen MR) is 105 cm³/mol. The van der Waals surface area contributed by atoms with Gasteiger partial charge in [0.25, 0.3) is 5.91 Å². The molecule has 1 heterocycles. The summed E-state index contributed by atoms with van der Waals surface area (Å²) in [5, 5.41) is 6.45. The molecule has 0 aliphatic heterocycles. The summed E-state index contributed by atoms with van der Waals surface area (Å²) in [5.74, 6) is 0.123. The van der Waals surface area contributed by atoms with Gasteiger partial charge in [-0.05, 0) is 55.7 Å². The largest absolute Gasteiger partial charge is 0.324 e. The van der Waals surface area contributed by atoms with E-state index in [1.165, 1.54) is 12.4 Å². The monoisotopic (exact) mass is 366 g/mol. The molecule has 0 saturated heterocycles. The number of aromatic nitrogens is 2. The van der Waals surface area contributed by atoms with Gasteiger partial charge >= 0.3 is 0 Å². The van der Waals surface area contributed by atoms with Gasteiger partial charge in [-0.15, -0.1) is 0 Å². The highest BCUT2D eigenvalue weighted by Gasteiger charge is 2.12. The van der Waals surface area contributed by atoms with E-state index in [4.69, 9.17) is 11.6 Å². The van der Waals surface area contributed by atoms with Gasteiger partial charge in [-0.1, -0.05) is 29.8 Å². The molecule has 0 bridgehead atoms. The molecule has 1 amide bonds. The number of hydrogen-bond acceptors (Lipinski definition) is 4. The van der Waals surface area contributed by atoms with E-state index in [9.17, 15) is 4.79 Å². The van der Waals surface area contributed by atoms with E-state index in [0.29, 0.717) is 22.2 Å². The van der Waals surface area contributed by atoms with Crippen LogP contribution in [0.3, 0.4) is 0 Å². The van der Waals surface area contributed by atoms with Crippen LogP contribution >= 0.6 is 11.6 Å². The van der Waals surface area contributed by atoms with Crippen LogP contribution in [0.4, 0.5) is 17.3 Å². The van der Waals surface area contributed by atoms with Crippen LogP contribution in [0.25, 0.3) is 0 Å². The number of benzene rings is 2. The second kappa shape index (κ2) is 7.54. The molecule has 6 heteroatoms. The van der Waals surface area contributed by atoms with Gasteiger partial charge in [-0.2, -0.15) is 0 Å². The molecular weight excluding hydrogens is 348 g/mol. The second-order valence-corrected chi connectivity index (χ2v) is 6.59. The van der Waals surface area contributed by atoms with Gasteiger partial charge in [0.2, 0.25) is 5.95 Å². The normalized spacial score (nSPS) is 10.5. The molecule has 5 nitrogen and oxygen atoms in total. The average Bonchev–Trinajstić information content (AvgIpc) is 2.58. The lowest BCUT2D eigenvalue weighted by Crippen LogP contribution is -2.14. The lowest BCUT2D eigenvalue weighted by Gasteiger charge is -2.11. The summed E-state index contributed by atoms with van der Waals surface area (Å²) >= 11 is 6.24. The van der Waals surface area contributed by atoms with Crippen molar-refractivity contribution in [3.8, 4) is 0 Å². The molecule has 0 aliphatic rings. The molecule has 3 aromatic rings. The van der Waals surface area contributed by atoms with E-state index in [1.807, 2.05) is 57.2 Å². The van der Waals surface area contributed by atoms with Crippen LogP contribution in [-0.4, -0.2) is 15.9 Å². The molecule has 26 heavy (non-hydrogen) atoms. The molecule has 0 radical (unpaired) electrons. The Morgan fingerprint density at radius 1 is 1.00 bits per heavy atom. The maximum atomic E-state index is 12.4. The summed E-state index contributed by atoms with van der Waals surface area (Å²) in [7, 11) is 0.